The molecule has 0 radical (unpaired) electrons. The van der Waals surface area contributed by atoms with Gasteiger partial charge in [-0.3, -0.25) is 4.68 Å². The van der Waals surface area contributed by atoms with Crippen molar-refractivity contribution in [1.82, 2.24) is 9.78 Å². The summed E-state index contributed by atoms with van der Waals surface area (Å²) in [6.45, 7) is 6.28. The van der Waals surface area contributed by atoms with E-state index in [1.54, 1.807) is 10.8 Å². The lowest BCUT2D eigenvalue weighted by atomic mass is 10.3. The van der Waals surface area contributed by atoms with E-state index in [1.807, 2.05) is 14.0 Å². The van der Waals surface area contributed by atoms with Crippen LogP contribution in [0, 0.1) is 6.92 Å². The summed E-state index contributed by atoms with van der Waals surface area (Å²) in [7, 11) is 1.86. The molecule has 3 N–H and O–H groups in total. The van der Waals surface area contributed by atoms with Gasteiger partial charge in [0.2, 0.25) is 0 Å². The normalized spacial score (nSPS) is 9.83. The fraction of sp³-hybridized carbons (Fsp3) is 0.375. The minimum absolute atomic E-state index is 0.573. The van der Waals surface area contributed by atoms with E-state index in [9.17, 15) is 0 Å². The van der Waals surface area contributed by atoms with Gasteiger partial charge in [0.15, 0.2) is 5.82 Å². The van der Waals surface area contributed by atoms with Gasteiger partial charge >= 0.3 is 0 Å². The van der Waals surface area contributed by atoms with Crippen molar-refractivity contribution in [3.63, 3.8) is 0 Å². The second kappa shape index (κ2) is 3.30. The molecule has 0 aliphatic carbocycles. The number of nitrogens with two attached hydrogens (primary N) is 1. The number of hydrogen-bond acceptors (Lipinski definition) is 3. The highest BCUT2D eigenvalue weighted by atomic mass is 15.3. The summed E-state index contributed by atoms with van der Waals surface area (Å²) in [6, 6.07) is 0. The van der Waals surface area contributed by atoms with E-state index in [0.717, 1.165) is 17.9 Å². The van der Waals surface area contributed by atoms with Gasteiger partial charge in [-0.25, -0.2) is 0 Å². The van der Waals surface area contributed by atoms with Crippen LogP contribution in [-0.4, -0.2) is 16.3 Å². The maximum Gasteiger partial charge on any atom is 0.150 e. The van der Waals surface area contributed by atoms with Crippen LogP contribution in [0.5, 0.6) is 0 Å². The second-order valence-electron chi connectivity index (χ2n) is 2.65. The summed E-state index contributed by atoms with van der Waals surface area (Å²) < 4.78 is 1.73. The number of nitrogen functional groups attached to an aromatic ring is 1. The van der Waals surface area contributed by atoms with Crippen LogP contribution < -0.4 is 11.1 Å². The van der Waals surface area contributed by atoms with Crippen LogP contribution in [-0.2, 0) is 7.05 Å². The Bertz CT molecular complexity index is 287. The van der Waals surface area contributed by atoms with E-state index in [2.05, 4.69) is 17.0 Å². The molecule has 12 heavy (non-hydrogen) atoms. The van der Waals surface area contributed by atoms with Crippen LogP contribution in [0.25, 0.3) is 0 Å². The summed E-state index contributed by atoms with van der Waals surface area (Å²) in [5.74, 6) is 1.52. The molecule has 4 nitrogen and oxygen atoms in total. The van der Waals surface area contributed by atoms with Crippen LogP contribution in [0.1, 0.15) is 5.56 Å². The first-order chi connectivity index (χ1) is 5.66. The molecule has 1 aromatic heterocycles. The highest BCUT2D eigenvalue weighted by Crippen LogP contribution is 2.18. The molecule has 0 aliphatic rings. The molecule has 0 bridgehead atoms. The van der Waals surface area contributed by atoms with E-state index < -0.39 is 0 Å². The van der Waals surface area contributed by atoms with Gasteiger partial charge in [-0.1, -0.05) is 6.08 Å². The summed E-state index contributed by atoms with van der Waals surface area (Å²) in [4.78, 5) is 0. The van der Waals surface area contributed by atoms with Crippen molar-refractivity contribution in [2.75, 3.05) is 17.6 Å². The standard InChI is InChI=1S/C8H14N4/c1-4-5-10-8-6(2)7(9)11-12(8)3/h4,10H,1,5H2,2-3H3,(H2,9,11). The van der Waals surface area contributed by atoms with Gasteiger partial charge < -0.3 is 11.1 Å². The molecule has 0 aromatic carbocycles. The maximum absolute atomic E-state index is 5.62. The zero-order chi connectivity index (χ0) is 9.14. The van der Waals surface area contributed by atoms with Crippen molar-refractivity contribution in [3.8, 4) is 0 Å². The van der Waals surface area contributed by atoms with Crippen molar-refractivity contribution in [2.45, 2.75) is 6.92 Å². The lowest BCUT2D eigenvalue weighted by Gasteiger charge is -2.03. The third-order valence-corrected chi connectivity index (χ3v) is 1.73. The van der Waals surface area contributed by atoms with Crippen LogP contribution in [0.4, 0.5) is 11.6 Å². The molecule has 0 aliphatic heterocycles. The topological polar surface area (TPSA) is 55.9 Å². The molecule has 1 heterocycles. The van der Waals surface area contributed by atoms with Crippen molar-refractivity contribution >= 4 is 11.6 Å². The first-order valence-electron chi connectivity index (χ1n) is 3.80. The number of rotatable bonds is 3. The Balaban J connectivity index is 2.89. The van der Waals surface area contributed by atoms with E-state index in [0.29, 0.717) is 5.82 Å². The molecule has 0 spiro atoms. The zero-order valence-corrected chi connectivity index (χ0v) is 7.46. The quantitative estimate of drug-likeness (QED) is 0.656. The molecule has 1 aromatic rings. The molecule has 0 amide bonds. The van der Waals surface area contributed by atoms with Crippen molar-refractivity contribution in [3.05, 3.63) is 18.2 Å². The number of nitrogens with zero attached hydrogens (tertiary/aromatic N) is 2. The van der Waals surface area contributed by atoms with Gasteiger partial charge in [-0.15, -0.1) is 6.58 Å². The Labute approximate surface area is 72.1 Å². The van der Waals surface area contributed by atoms with Gasteiger partial charge in [0, 0.05) is 19.2 Å². The second-order valence-corrected chi connectivity index (χ2v) is 2.65. The van der Waals surface area contributed by atoms with Crippen molar-refractivity contribution in [2.24, 2.45) is 7.05 Å². The molecular weight excluding hydrogens is 152 g/mol. The average molecular weight is 166 g/mol. The smallest absolute Gasteiger partial charge is 0.150 e. The largest absolute Gasteiger partial charge is 0.382 e. The number of anilines is 2. The molecule has 0 saturated carbocycles. The molecule has 0 unspecified atom stereocenters. The highest BCUT2D eigenvalue weighted by molar-refractivity contribution is 5.56. The summed E-state index contributed by atoms with van der Waals surface area (Å²) in [6.07, 6.45) is 1.79. The minimum atomic E-state index is 0.573. The van der Waals surface area contributed by atoms with E-state index >= 15 is 0 Å². The van der Waals surface area contributed by atoms with Gasteiger partial charge in [0.05, 0.1) is 0 Å². The van der Waals surface area contributed by atoms with Crippen LogP contribution in [0.15, 0.2) is 12.7 Å². The Morgan fingerprint density at radius 1 is 1.75 bits per heavy atom. The molecule has 1 rings (SSSR count). The predicted molar refractivity (Wildman–Crippen MR) is 51.0 cm³/mol. The van der Waals surface area contributed by atoms with Crippen LogP contribution >= 0.6 is 0 Å². The van der Waals surface area contributed by atoms with Gasteiger partial charge in [-0.2, -0.15) is 5.10 Å². The lowest BCUT2D eigenvalue weighted by molar-refractivity contribution is 0.776. The Morgan fingerprint density at radius 2 is 2.42 bits per heavy atom. The van der Waals surface area contributed by atoms with Crippen LogP contribution in [0.2, 0.25) is 0 Å². The van der Waals surface area contributed by atoms with Crippen molar-refractivity contribution in [1.29, 1.82) is 0 Å². The Kier molecular flexibility index (Phi) is 2.38. The summed E-state index contributed by atoms with van der Waals surface area (Å²) >= 11 is 0. The number of aromatic nitrogens is 2. The zero-order valence-electron chi connectivity index (χ0n) is 7.46. The molecule has 0 atom stereocenters. The summed E-state index contributed by atoms with van der Waals surface area (Å²) in [5, 5.41) is 7.22. The first-order valence-corrected chi connectivity index (χ1v) is 3.80. The third kappa shape index (κ3) is 1.42. The van der Waals surface area contributed by atoms with Crippen LogP contribution in [0.3, 0.4) is 0 Å². The average Bonchev–Trinajstić information content (AvgIpc) is 2.25. The number of nitrogens with one attached hydrogen (secondary N) is 1. The van der Waals surface area contributed by atoms with E-state index in [-0.39, 0.29) is 0 Å². The fourth-order valence-electron chi connectivity index (χ4n) is 1.07. The molecule has 66 valence electrons. The van der Waals surface area contributed by atoms with Gasteiger partial charge in [0.1, 0.15) is 5.82 Å². The van der Waals surface area contributed by atoms with Crippen molar-refractivity contribution < 1.29 is 0 Å². The summed E-state index contributed by atoms with van der Waals surface area (Å²) in [5.41, 5.74) is 6.60. The minimum Gasteiger partial charge on any atom is -0.382 e. The van der Waals surface area contributed by atoms with Gasteiger partial charge in [-0.05, 0) is 6.92 Å². The van der Waals surface area contributed by atoms with E-state index in [1.165, 1.54) is 0 Å². The number of aryl methyl sites for hydroxylation is 1. The molecule has 0 saturated heterocycles. The monoisotopic (exact) mass is 166 g/mol. The maximum atomic E-state index is 5.62. The highest BCUT2D eigenvalue weighted by Gasteiger charge is 2.07. The Morgan fingerprint density at radius 3 is 2.83 bits per heavy atom. The third-order valence-electron chi connectivity index (χ3n) is 1.73. The lowest BCUT2D eigenvalue weighted by Crippen LogP contribution is -2.04. The SMILES string of the molecule is C=CCNc1c(C)c(N)nn1C. The predicted octanol–water partition coefficient (Wildman–Crippen LogP) is 0.909. The van der Waals surface area contributed by atoms with Gasteiger partial charge in [0.25, 0.3) is 0 Å². The van der Waals surface area contributed by atoms with E-state index in [4.69, 9.17) is 5.73 Å². The fourth-order valence-corrected chi connectivity index (χ4v) is 1.07. The molecule has 4 heteroatoms. The first kappa shape index (κ1) is 8.64. The Hall–Kier alpha value is -1.45. The molecular formula is C8H14N4. The number of hydrogen-bond donors (Lipinski definition) is 2. The molecule has 0 fully saturated rings.